The van der Waals surface area contributed by atoms with Crippen LogP contribution in [0.15, 0.2) is 36.8 Å². The molecule has 2 aliphatic rings. The molecule has 160 valence electrons. The van der Waals surface area contributed by atoms with Gasteiger partial charge in [-0.25, -0.2) is 18.7 Å². The monoisotopic (exact) mass is 426 g/mol. The maximum atomic E-state index is 14.4. The number of rotatable bonds is 3. The van der Waals surface area contributed by atoms with E-state index >= 15 is 0 Å². The Bertz CT molecular complexity index is 1180. The first kappa shape index (κ1) is 19.6. The third-order valence-corrected chi connectivity index (χ3v) is 5.99. The van der Waals surface area contributed by atoms with Gasteiger partial charge in [0.1, 0.15) is 28.7 Å². The summed E-state index contributed by atoms with van der Waals surface area (Å²) in [5, 5.41) is 0. The number of benzene rings is 1. The van der Waals surface area contributed by atoms with Crippen LogP contribution in [-0.2, 0) is 9.53 Å². The van der Waals surface area contributed by atoms with Gasteiger partial charge in [-0.3, -0.25) is 9.36 Å². The van der Waals surface area contributed by atoms with Gasteiger partial charge in [0.15, 0.2) is 5.82 Å². The standard InChI is InChI=1S/C21H20F2N6O2/c1-3-21-12-31-9-8-29(21)18-16(27(2)19(21)30)11-25-20(26-18)28-7-6-24-17(28)14-5-4-13(22)10-15(14)23/h4-7,10-11H,3,8-9,12H2,1-2H3/t21-/m1/s1. The topological polar surface area (TPSA) is 76.4 Å². The van der Waals surface area contributed by atoms with Crippen molar-refractivity contribution in [3.63, 3.8) is 0 Å². The lowest BCUT2D eigenvalue weighted by Gasteiger charge is -2.51. The van der Waals surface area contributed by atoms with Gasteiger partial charge in [-0.1, -0.05) is 6.92 Å². The van der Waals surface area contributed by atoms with E-state index < -0.39 is 17.2 Å². The number of carbonyl (C=O) groups excluding carboxylic acids is 1. The van der Waals surface area contributed by atoms with Gasteiger partial charge in [0.2, 0.25) is 5.95 Å². The van der Waals surface area contributed by atoms with E-state index in [1.54, 1.807) is 28.9 Å². The number of morpholine rings is 1. The molecule has 1 fully saturated rings. The van der Waals surface area contributed by atoms with E-state index in [1.807, 2.05) is 11.8 Å². The number of likely N-dealkylation sites (N-methyl/N-ethyl adjacent to an activating group) is 1. The molecule has 0 N–H and O–H groups in total. The van der Waals surface area contributed by atoms with Crippen LogP contribution >= 0.6 is 0 Å². The molecule has 5 rings (SSSR count). The second-order valence-electron chi connectivity index (χ2n) is 7.58. The van der Waals surface area contributed by atoms with Crippen LogP contribution in [0.2, 0.25) is 0 Å². The molecule has 3 aromatic rings. The Morgan fingerprint density at radius 3 is 2.87 bits per heavy atom. The number of nitrogens with zero attached hydrogens (tertiary/aromatic N) is 6. The fourth-order valence-electron chi connectivity index (χ4n) is 4.28. The average molecular weight is 426 g/mol. The SMILES string of the molecule is CC[C@]12COCCN1c1nc(-n3ccnc3-c3ccc(F)cc3F)ncc1N(C)C2=O. The van der Waals surface area contributed by atoms with Gasteiger partial charge < -0.3 is 14.5 Å². The molecule has 10 heteroatoms. The molecule has 2 aromatic heterocycles. The number of carbonyl (C=O) groups is 1. The van der Waals surface area contributed by atoms with Gasteiger partial charge in [0.05, 0.1) is 25.0 Å². The van der Waals surface area contributed by atoms with Crippen LogP contribution in [-0.4, -0.2) is 57.8 Å². The van der Waals surface area contributed by atoms with Crippen LogP contribution in [0.3, 0.4) is 0 Å². The number of amides is 1. The van der Waals surface area contributed by atoms with E-state index in [4.69, 9.17) is 9.72 Å². The van der Waals surface area contributed by atoms with Crippen molar-refractivity contribution in [2.75, 3.05) is 36.6 Å². The molecule has 0 unspecified atom stereocenters. The molecule has 0 aliphatic carbocycles. The fraction of sp³-hybridized carbons (Fsp3) is 0.333. The smallest absolute Gasteiger partial charge is 0.255 e. The van der Waals surface area contributed by atoms with E-state index in [2.05, 4.69) is 9.97 Å². The zero-order valence-corrected chi connectivity index (χ0v) is 17.0. The number of halogens is 2. The van der Waals surface area contributed by atoms with E-state index in [1.165, 1.54) is 18.3 Å². The van der Waals surface area contributed by atoms with E-state index in [0.29, 0.717) is 31.1 Å². The largest absolute Gasteiger partial charge is 0.377 e. The minimum atomic E-state index is -0.827. The maximum absolute atomic E-state index is 14.4. The molecule has 2 aliphatic heterocycles. The predicted molar refractivity (Wildman–Crippen MR) is 109 cm³/mol. The summed E-state index contributed by atoms with van der Waals surface area (Å²) >= 11 is 0. The molecule has 0 spiro atoms. The highest BCUT2D eigenvalue weighted by Crippen LogP contribution is 2.41. The number of hydrogen-bond donors (Lipinski definition) is 0. The summed E-state index contributed by atoms with van der Waals surface area (Å²) in [6.07, 6.45) is 5.26. The molecule has 0 radical (unpaired) electrons. The van der Waals surface area contributed by atoms with Crippen LogP contribution in [0, 0.1) is 11.6 Å². The first-order chi connectivity index (χ1) is 15.0. The number of anilines is 2. The Morgan fingerprint density at radius 2 is 2.10 bits per heavy atom. The van der Waals surface area contributed by atoms with Crippen LogP contribution in [0.1, 0.15) is 13.3 Å². The molecule has 0 bridgehead atoms. The zero-order valence-electron chi connectivity index (χ0n) is 17.0. The minimum Gasteiger partial charge on any atom is -0.377 e. The summed E-state index contributed by atoms with van der Waals surface area (Å²) in [4.78, 5) is 30.1. The molecule has 0 saturated carbocycles. The minimum absolute atomic E-state index is 0.0600. The van der Waals surface area contributed by atoms with Crippen LogP contribution in [0.5, 0.6) is 0 Å². The van der Waals surface area contributed by atoms with E-state index in [-0.39, 0.29) is 29.9 Å². The first-order valence-corrected chi connectivity index (χ1v) is 9.96. The second-order valence-corrected chi connectivity index (χ2v) is 7.58. The second kappa shape index (κ2) is 7.09. The summed E-state index contributed by atoms with van der Waals surface area (Å²) in [6, 6.07) is 3.32. The number of fused-ring (bicyclic) bond motifs is 3. The Kier molecular flexibility index (Phi) is 4.47. The summed E-state index contributed by atoms with van der Waals surface area (Å²) in [6.45, 7) is 3.23. The Morgan fingerprint density at radius 1 is 1.26 bits per heavy atom. The number of imidazole rings is 1. The van der Waals surface area contributed by atoms with Crippen LogP contribution in [0.4, 0.5) is 20.3 Å². The van der Waals surface area contributed by atoms with Crippen LogP contribution < -0.4 is 9.80 Å². The number of aromatic nitrogens is 4. The quantitative estimate of drug-likeness (QED) is 0.641. The third-order valence-electron chi connectivity index (χ3n) is 5.99. The van der Waals surface area contributed by atoms with Crippen molar-refractivity contribution in [2.45, 2.75) is 18.9 Å². The van der Waals surface area contributed by atoms with Gasteiger partial charge >= 0.3 is 0 Å². The Hall–Kier alpha value is -3.40. The lowest BCUT2D eigenvalue weighted by molar-refractivity contribution is -0.128. The summed E-state index contributed by atoms with van der Waals surface area (Å²) < 4.78 is 34.9. The summed E-state index contributed by atoms with van der Waals surface area (Å²) in [5.41, 5.74) is -0.101. The van der Waals surface area contributed by atoms with Gasteiger partial charge in [0.25, 0.3) is 5.91 Å². The van der Waals surface area contributed by atoms with Gasteiger partial charge in [0, 0.05) is 32.1 Å². The predicted octanol–water partition coefficient (Wildman–Crippen LogP) is 2.57. The highest BCUT2D eigenvalue weighted by molar-refractivity contribution is 6.07. The van der Waals surface area contributed by atoms with Gasteiger partial charge in [-0.2, -0.15) is 4.98 Å². The maximum Gasteiger partial charge on any atom is 0.255 e. The Balaban J connectivity index is 1.64. The lowest BCUT2D eigenvalue weighted by Crippen LogP contribution is -2.68. The average Bonchev–Trinajstić information content (AvgIpc) is 3.26. The van der Waals surface area contributed by atoms with Crippen molar-refractivity contribution in [1.29, 1.82) is 0 Å². The van der Waals surface area contributed by atoms with Crippen molar-refractivity contribution in [1.82, 2.24) is 19.5 Å². The molecular formula is C21H20F2N6O2. The summed E-state index contributed by atoms with van der Waals surface area (Å²) in [7, 11) is 1.70. The number of ether oxygens (including phenoxy) is 1. The molecule has 31 heavy (non-hydrogen) atoms. The highest BCUT2D eigenvalue weighted by Gasteiger charge is 2.52. The van der Waals surface area contributed by atoms with Crippen LogP contribution in [0.25, 0.3) is 17.3 Å². The van der Waals surface area contributed by atoms with Crippen molar-refractivity contribution >= 4 is 17.4 Å². The van der Waals surface area contributed by atoms with E-state index in [0.717, 1.165) is 6.07 Å². The third kappa shape index (κ3) is 2.82. The van der Waals surface area contributed by atoms with Gasteiger partial charge in [-0.05, 0) is 18.6 Å². The summed E-state index contributed by atoms with van der Waals surface area (Å²) in [5.74, 6) is -0.323. The molecule has 4 heterocycles. The normalized spacial score (nSPS) is 20.6. The first-order valence-electron chi connectivity index (χ1n) is 9.96. The van der Waals surface area contributed by atoms with Crippen molar-refractivity contribution in [2.24, 2.45) is 0 Å². The molecule has 1 saturated heterocycles. The highest BCUT2D eigenvalue weighted by atomic mass is 19.1. The molecule has 1 amide bonds. The van der Waals surface area contributed by atoms with Gasteiger partial charge in [-0.15, -0.1) is 0 Å². The zero-order chi connectivity index (χ0) is 21.8. The molecular weight excluding hydrogens is 406 g/mol. The van der Waals surface area contributed by atoms with Crippen molar-refractivity contribution in [3.05, 3.63) is 48.4 Å². The molecule has 1 atom stereocenters. The Labute approximate surface area is 177 Å². The van der Waals surface area contributed by atoms with E-state index in [9.17, 15) is 13.6 Å². The van der Waals surface area contributed by atoms with Crippen molar-refractivity contribution < 1.29 is 18.3 Å². The lowest BCUT2D eigenvalue weighted by atomic mass is 9.89. The molecule has 1 aromatic carbocycles. The molecule has 8 nitrogen and oxygen atoms in total. The number of hydrogen-bond acceptors (Lipinski definition) is 6. The fourth-order valence-corrected chi connectivity index (χ4v) is 4.28. The van der Waals surface area contributed by atoms with Crippen molar-refractivity contribution in [3.8, 4) is 17.3 Å².